The Bertz CT molecular complexity index is 417. The second-order valence-electron chi connectivity index (χ2n) is 3.92. The van der Waals surface area contributed by atoms with E-state index >= 15 is 0 Å². The van der Waals surface area contributed by atoms with E-state index in [4.69, 9.17) is 18.0 Å². The molecule has 0 radical (unpaired) electrons. The summed E-state index contributed by atoms with van der Waals surface area (Å²) in [4.78, 5) is 18.3. The number of amides is 1. The van der Waals surface area contributed by atoms with Crippen LogP contribution in [0.1, 0.15) is 24.0 Å². The van der Waals surface area contributed by atoms with Gasteiger partial charge in [0.25, 0.3) is 0 Å². The molecule has 0 aliphatic carbocycles. The number of aromatic nitrogens is 1. The molecule has 1 amide bonds. The largest absolute Gasteiger partial charge is 0.393 e. The van der Waals surface area contributed by atoms with E-state index in [-0.39, 0.29) is 16.8 Å². The molecule has 4 nitrogen and oxygen atoms in total. The quantitative estimate of drug-likeness (QED) is 0.829. The molecular formula is C11H17N3OS2. The lowest BCUT2D eigenvalue weighted by molar-refractivity contribution is -0.132. The summed E-state index contributed by atoms with van der Waals surface area (Å²) in [6.45, 7) is 4.35. The molecule has 0 aliphatic rings. The predicted molar refractivity (Wildman–Crippen MR) is 73.9 cm³/mol. The molecule has 1 aromatic heterocycles. The summed E-state index contributed by atoms with van der Waals surface area (Å²) in [6, 6.07) is 0. The number of nitrogens with two attached hydrogens (primary N) is 1. The van der Waals surface area contributed by atoms with Gasteiger partial charge in [-0.2, -0.15) is 0 Å². The highest BCUT2D eigenvalue weighted by atomic mass is 32.1. The van der Waals surface area contributed by atoms with Crippen molar-refractivity contribution in [3.63, 3.8) is 0 Å². The third kappa shape index (κ3) is 3.74. The second-order valence-corrected chi connectivity index (χ2v) is 5.45. The first kappa shape index (κ1) is 14.1. The SMILES string of the molecule is CCC(C(=O)N(C)Cc1csc(C)n1)C(N)=S. The van der Waals surface area contributed by atoms with E-state index in [1.807, 2.05) is 19.2 Å². The van der Waals surface area contributed by atoms with E-state index < -0.39 is 0 Å². The Morgan fingerprint density at radius 2 is 2.35 bits per heavy atom. The van der Waals surface area contributed by atoms with Gasteiger partial charge >= 0.3 is 0 Å². The van der Waals surface area contributed by atoms with Crippen molar-refractivity contribution in [2.45, 2.75) is 26.8 Å². The molecule has 1 aromatic rings. The number of nitrogens with zero attached hydrogens (tertiary/aromatic N) is 2. The minimum Gasteiger partial charge on any atom is -0.393 e. The first-order chi connectivity index (χ1) is 7.95. The smallest absolute Gasteiger partial charge is 0.232 e. The summed E-state index contributed by atoms with van der Waals surface area (Å²) >= 11 is 6.48. The van der Waals surface area contributed by atoms with Gasteiger partial charge < -0.3 is 10.6 Å². The zero-order valence-corrected chi connectivity index (χ0v) is 11.9. The molecule has 0 aromatic carbocycles. The minimum atomic E-state index is -0.366. The van der Waals surface area contributed by atoms with Crippen LogP contribution in [0.5, 0.6) is 0 Å². The third-order valence-corrected chi connectivity index (χ3v) is 3.60. The standard InChI is InChI=1S/C11H17N3OS2/c1-4-9(10(12)16)11(15)14(3)5-8-6-17-7(2)13-8/h6,9H,4-5H2,1-3H3,(H2,12,16). The van der Waals surface area contributed by atoms with Crippen LogP contribution in [0.25, 0.3) is 0 Å². The van der Waals surface area contributed by atoms with Crippen molar-refractivity contribution >= 4 is 34.5 Å². The van der Waals surface area contributed by atoms with Gasteiger partial charge in [0, 0.05) is 12.4 Å². The number of aryl methyl sites for hydroxylation is 1. The van der Waals surface area contributed by atoms with E-state index in [0.29, 0.717) is 13.0 Å². The maximum Gasteiger partial charge on any atom is 0.232 e. The molecule has 94 valence electrons. The Balaban J connectivity index is 2.66. The lowest BCUT2D eigenvalue weighted by Gasteiger charge is -2.21. The first-order valence-corrected chi connectivity index (χ1v) is 6.69. The Hall–Kier alpha value is -1.01. The van der Waals surface area contributed by atoms with Crippen LogP contribution >= 0.6 is 23.6 Å². The highest BCUT2D eigenvalue weighted by Crippen LogP contribution is 2.13. The number of thiazole rings is 1. The van der Waals surface area contributed by atoms with Gasteiger partial charge in [-0.1, -0.05) is 19.1 Å². The van der Waals surface area contributed by atoms with Crippen LogP contribution in [0.3, 0.4) is 0 Å². The van der Waals surface area contributed by atoms with Crippen LogP contribution in [0.4, 0.5) is 0 Å². The molecule has 0 saturated carbocycles. The van der Waals surface area contributed by atoms with E-state index in [0.717, 1.165) is 10.7 Å². The molecular weight excluding hydrogens is 254 g/mol. The van der Waals surface area contributed by atoms with Gasteiger partial charge in [-0.05, 0) is 13.3 Å². The normalized spacial score (nSPS) is 12.2. The van der Waals surface area contributed by atoms with Crippen LogP contribution in [0, 0.1) is 12.8 Å². The molecule has 17 heavy (non-hydrogen) atoms. The fraction of sp³-hybridized carbons (Fsp3) is 0.545. The van der Waals surface area contributed by atoms with Crippen molar-refractivity contribution in [1.82, 2.24) is 9.88 Å². The predicted octanol–water partition coefficient (Wildman–Crippen LogP) is 1.72. The van der Waals surface area contributed by atoms with Crippen LogP contribution in [0.15, 0.2) is 5.38 Å². The van der Waals surface area contributed by atoms with Crippen LogP contribution in [0.2, 0.25) is 0 Å². The van der Waals surface area contributed by atoms with E-state index in [1.165, 1.54) is 0 Å². The summed E-state index contributed by atoms with van der Waals surface area (Å²) in [5.41, 5.74) is 6.46. The fourth-order valence-corrected chi connectivity index (χ4v) is 2.44. The monoisotopic (exact) mass is 271 g/mol. The van der Waals surface area contributed by atoms with Gasteiger partial charge in [0.05, 0.1) is 28.2 Å². The van der Waals surface area contributed by atoms with Crippen molar-refractivity contribution in [2.75, 3.05) is 7.05 Å². The number of carbonyl (C=O) groups is 1. The van der Waals surface area contributed by atoms with Gasteiger partial charge in [0.1, 0.15) is 0 Å². The van der Waals surface area contributed by atoms with E-state index in [2.05, 4.69) is 4.98 Å². The number of rotatable bonds is 5. The topological polar surface area (TPSA) is 59.2 Å². The molecule has 1 unspecified atom stereocenters. The molecule has 1 atom stereocenters. The van der Waals surface area contributed by atoms with Gasteiger partial charge in [-0.15, -0.1) is 11.3 Å². The van der Waals surface area contributed by atoms with Crippen molar-refractivity contribution in [3.8, 4) is 0 Å². The van der Waals surface area contributed by atoms with Gasteiger partial charge in [-0.25, -0.2) is 4.98 Å². The zero-order chi connectivity index (χ0) is 13.0. The highest BCUT2D eigenvalue weighted by Gasteiger charge is 2.23. The summed E-state index contributed by atoms with van der Waals surface area (Å²) in [6.07, 6.45) is 0.634. The average Bonchev–Trinajstić information content (AvgIpc) is 2.64. The summed E-state index contributed by atoms with van der Waals surface area (Å²) in [5, 5.41) is 2.96. The Morgan fingerprint density at radius 3 is 2.76 bits per heavy atom. The lowest BCUT2D eigenvalue weighted by atomic mass is 10.1. The van der Waals surface area contributed by atoms with Crippen molar-refractivity contribution in [3.05, 3.63) is 16.1 Å². The molecule has 6 heteroatoms. The molecule has 0 aliphatic heterocycles. The first-order valence-electron chi connectivity index (χ1n) is 5.41. The maximum absolute atomic E-state index is 12.1. The van der Waals surface area contributed by atoms with Crippen molar-refractivity contribution < 1.29 is 4.79 Å². The Kier molecular flexibility index (Phi) is 5.02. The lowest BCUT2D eigenvalue weighted by Crippen LogP contribution is -2.38. The van der Waals surface area contributed by atoms with Gasteiger partial charge in [-0.3, -0.25) is 4.79 Å². The molecule has 0 spiro atoms. The third-order valence-electron chi connectivity index (χ3n) is 2.49. The van der Waals surface area contributed by atoms with Crippen molar-refractivity contribution in [2.24, 2.45) is 11.7 Å². The number of hydrogen-bond acceptors (Lipinski definition) is 4. The number of hydrogen-bond donors (Lipinski definition) is 1. The second kappa shape index (κ2) is 6.07. The number of carbonyl (C=O) groups excluding carboxylic acids is 1. The zero-order valence-electron chi connectivity index (χ0n) is 10.3. The average molecular weight is 271 g/mol. The van der Waals surface area contributed by atoms with E-state index in [1.54, 1.807) is 23.3 Å². The summed E-state index contributed by atoms with van der Waals surface area (Å²) in [5.74, 6) is -0.402. The van der Waals surface area contributed by atoms with Crippen molar-refractivity contribution in [1.29, 1.82) is 0 Å². The van der Waals surface area contributed by atoms with E-state index in [9.17, 15) is 4.79 Å². The molecule has 0 bridgehead atoms. The Labute approximate surface area is 111 Å². The van der Waals surface area contributed by atoms with Crippen LogP contribution in [-0.2, 0) is 11.3 Å². The molecule has 0 saturated heterocycles. The molecule has 1 rings (SSSR count). The van der Waals surface area contributed by atoms with Crippen LogP contribution < -0.4 is 5.73 Å². The fourth-order valence-electron chi connectivity index (χ4n) is 1.57. The van der Waals surface area contributed by atoms with Gasteiger partial charge in [0.2, 0.25) is 5.91 Å². The highest BCUT2D eigenvalue weighted by molar-refractivity contribution is 7.80. The summed E-state index contributed by atoms with van der Waals surface area (Å²) < 4.78 is 0. The molecule has 1 heterocycles. The molecule has 2 N–H and O–H groups in total. The van der Waals surface area contributed by atoms with Gasteiger partial charge in [0.15, 0.2) is 0 Å². The number of thiocarbonyl (C=S) groups is 1. The summed E-state index contributed by atoms with van der Waals surface area (Å²) in [7, 11) is 1.75. The van der Waals surface area contributed by atoms with Crippen LogP contribution in [-0.4, -0.2) is 27.8 Å². The minimum absolute atomic E-state index is 0.0364. The maximum atomic E-state index is 12.1. The Morgan fingerprint density at radius 1 is 1.71 bits per heavy atom. The molecule has 0 fully saturated rings.